The van der Waals surface area contributed by atoms with Crippen LogP contribution in [0.25, 0.3) is 21.5 Å². The van der Waals surface area contributed by atoms with E-state index in [1.54, 1.807) is 12.1 Å². The Kier molecular flexibility index (Phi) is 5.98. The summed E-state index contributed by atoms with van der Waals surface area (Å²) < 4.78 is 102. The molecule has 0 radical (unpaired) electrons. The topological polar surface area (TPSA) is 234 Å². The molecule has 0 aliphatic carbocycles. The number of phenolic OH excluding ortho intramolecular Hbond substituents is 1. The summed E-state index contributed by atoms with van der Waals surface area (Å²) in [5, 5.41) is 17.4. The number of nitrogen functional groups attached to an aromatic ring is 1. The van der Waals surface area contributed by atoms with Gasteiger partial charge in [0.25, 0.3) is 30.4 Å². The second kappa shape index (κ2) is 8.47. The summed E-state index contributed by atoms with van der Waals surface area (Å²) in [6.45, 7) is 0. The Bertz CT molecular complexity index is 1940. The van der Waals surface area contributed by atoms with Gasteiger partial charge in [0.2, 0.25) is 0 Å². The predicted octanol–water partition coefficient (Wildman–Crippen LogP) is 3.44. The number of aromatic hydroxyl groups is 1. The SMILES string of the molecule is Nc1cccc2ccc(N=Nc3c(S(=O)(=O)O)cc4c(S(=O)(=O)O)cccc4c3S(=O)(=O)O)c(O)c12. The second-order valence-corrected chi connectivity index (χ2v) is 11.5. The molecule has 4 aromatic rings. The summed E-state index contributed by atoms with van der Waals surface area (Å²) in [4.78, 5) is -3.37. The van der Waals surface area contributed by atoms with E-state index in [0.29, 0.717) is 11.5 Å². The summed E-state index contributed by atoms with van der Waals surface area (Å²) in [6, 6.07) is 10.9. The van der Waals surface area contributed by atoms with Gasteiger partial charge in [-0.3, -0.25) is 13.7 Å². The lowest BCUT2D eigenvalue weighted by molar-refractivity contribution is 0.478. The Morgan fingerprint density at radius 1 is 0.694 bits per heavy atom. The highest BCUT2D eigenvalue weighted by atomic mass is 32.2. The van der Waals surface area contributed by atoms with Gasteiger partial charge in [0, 0.05) is 21.8 Å². The molecule has 0 amide bonds. The van der Waals surface area contributed by atoms with Crippen LogP contribution in [0.15, 0.2) is 79.5 Å². The molecular weight excluding hydrogens is 538 g/mol. The Morgan fingerprint density at radius 2 is 1.33 bits per heavy atom. The fraction of sp³-hybridized carbons (Fsp3) is 0. The van der Waals surface area contributed by atoms with E-state index >= 15 is 0 Å². The number of hydrogen-bond acceptors (Lipinski definition) is 10. The molecule has 0 saturated heterocycles. The van der Waals surface area contributed by atoms with Crippen molar-refractivity contribution in [3.63, 3.8) is 0 Å². The molecule has 4 aromatic carbocycles. The molecule has 6 N–H and O–H groups in total. The van der Waals surface area contributed by atoms with Crippen LogP contribution in [0.5, 0.6) is 5.75 Å². The summed E-state index contributed by atoms with van der Waals surface area (Å²) in [6.07, 6.45) is 0. The minimum absolute atomic E-state index is 0.169. The zero-order valence-electron chi connectivity index (χ0n) is 17.6. The molecule has 188 valence electrons. The first-order chi connectivity index (χ1) is 16.6. The summed E-state index contributed by atoms with van der Waals surface area (Å²) >= 11 is 0. The summed E-state index contributed by atoms with van der Waals surface area (Å²) in [5.41, 5.74) is 4.68. The van der Waals surface area contributed by atoms with Crippen molar-refractivity contribution in [3.05, 3.63) is 54.6 Å². The largest absolute Gasteiger partial charge is 0.505 e. The first-order valence-electron chi connectivity index (χ1n) is 9.55. The highest BCUT2D eigenvalue weighted by Crippen LogP contribution is 2.43. The van der Waals surface area contributed by atoms with Gasteiger partial charge in [-0.05, 0) is 29.7 Å². The van der Waals surface area contributed by atoms with Gasteiger partial charge in [-0.15, -0.1) is 10.2 Å². The second-order valence-electron chi connectivity index (χ2n) is 7.41. The van der Waals surface area contributed by atoms with Crippen molar-refractivity contribution in [2.75, 3.05) is 5.73 Å². The number of benzene rings is 4. The molecule has 0 aliphatic rings. The van der Waals surface area contributed by atoms with Gasteiger partial charge in [0.1, 0.15) is 26.1 Å². The highest BCUT2D eigenvalue weighted by Gasteiger charge is 2.30. The van der Waals surface area contributed by atoms with Crippen LogP contribution in [0.4, 0.5) is 17.1 Å². The minimum atomic E-state index is -5.35. The van der Waals surface area contributed by atoms with Gasteiger partial charge in [0.15, 0.2) is 5.75 Å². The first-order valence-corrected chi connectivity index (χ1v) is 13.9. The normalized spacial score (nSPS) is 13.1. The van der Waals surface area contributed by atoms with Gasteiger partial charge in [0.05, 0.1) is 0 Å². The number of azo groups is 1. The molecule has 0 bridgehead atoms. The van der Waals surface area contributed by atoms with Gasteiger partial charge in [-0.2, -0.15) is 25.3 Å². The maximum absolute atomic E-state index is 12.3. The van der Waals surface area contributed by atoms with Crippen molar-refractivity contribution < 1.29 is 44.0 Å². The van der Waals surface area contributed by atoms with Gasteiger partial charge in [-0.25, -0.2) is 0 Å². The van der Waals surface area contributed by atoms with Crippen molar-refractivity contribution in [3.8, 4) is 5.75 Å². The van der Waals surface area contributed by atoms with E-state index < -0.39 is 67.3 Å². The number of nitrogens with two attached hydrogens (primary N) is 1. The van der Waals surface area contributed by atoms with Gasteiger partial charge >= 0.3 is 0 Å². The van der Waals surface area contributed by atoms with E-state index in [9.17, 15) is 44.0 Å². The molecule has 13 nitrogen and oxygen atoms in total. The van der Waals surface area contributed by atoms with Crippen LogP contribution in [-0.2, 0) is 30.4 Å². The molecule has 16 heteroatoms. The lowest BCUT2D eigenvalue weighted by Crippen LogP contribution is -2.08. The molecule has 0 spiro atoms. The molecule has 36 heavy (non-hydrogen) atoms. The van der Waals surface area contributed by atoms with Crippen molar-refractivity contribution in [2.24, 2.45) is 10.2 Å². The van der Waals surface area contributed by atoms with Crippen LogP contribution in [-0.4, -0.2) is 44.0 Å². The molecule has 0 fully saturated rings. The maximum atomic E-state index is 12.3. The Hall–Kier alpha value is -3.67. The average Bonchev–Trinajstić information content (AvgIpc) is 2.75. The van der Waals surface area contributed by atoms with Crippen molar-refractivity contribution in [1.29, 1.82) is 0 Å². The van der Waals surface area contributed by atoms with Crippen LogP contribution >= 0.6 is 0 Å². The van der Waals surface area contributed by atoms with E-state index in [4.69, 9.17) is 5.73 Å². The number of anilines is 1. The van der Waals surface area contributed by atoms with Gasteiger partial charge < -0.3 is 10.8 Å². The standard InChI is InChI=1S/C20H15N3O10S3/c21-13-5-1-3-10-7-8-14(19(24)17(10)13)22-23-18-16(35(28,29)30)9-12-11(20(18)36(31,32)33)4-2-6-15(12)34(25,26)27/h1-9,24H,21H2,(H,25,26,27)(H,28,29,30)(H,31,32,33). The minimum Gasteiger partial charge on any atom is -0.505 e. The molecular formula is C20H15N3O10S3. The lowest BCUT2D eigenvalue weighted by Gasteiger charge is -2.13. The molecule has 0 aliphatic heterocycles. The van der Waals surface area contributed by atoms with E-state index in [1.165, 1.54) is 18.2 Å². The summed E-state index contributed by atoms with van der Waals surface area (Å²) in [7, 11) is -15.7. The zero-order valence-corrected chi connectivity index (χ0v) is 20.1. The van der Waals surface area contributed by atoms with Gasteiger partial charge in [-0.1, -0.05) is 30.3 Å². The number of nitrogens with zero attached hydrogens (tertiary/aromatic N) is 2. The average molecular weight is 554 g/mol. The zero-order chi connectivity index (χ0) is 26.6. The van der Waals surface area contributed by atoms with E-state index in [2.05, 4.69) is 10.2 Å². The van der Waals surface area contributed by atoms with E-state index in [0.717, 1.165) is 18.2 Å². The first kappa shape index (κ1) is 25.4. The third-order valence-electron chi connectivity index (χ3n) is 5.14. The smallest absolute Gasteiger partial charge is 0.297 e. The maximum Gasteiger partial charge on any atom is 0.297 e. The van der Waals surface area contributed by atoms with Crippen LogP contribution in [0, 0.1) is 0 Å². The Balaban J connectivity index is 2.13. The molecule has 4 rings (SSSR count). The third-order valence-corrected chi connectivity index (χ3v) is 7.84. The van der Waals surface area contributed by atoms with Crippen LogP contribution < -0.4 is 5.73 Å². The molecule has 0 heterocycles. The fourth-order valence-corrected chi connectivity index (χ4v) is 5.94. The third kappa shape index (κ3) is 4.48. The monoisotopic (exact) mass is 553 g/mol. The summed E-state index contributed by atoms with van der Waals surface area (Å²) in [5.74, 6) is -0.481. The quantitative estimate of drug-likeness (QED) is 0.136. The van der Waals surface area contributed by atoms with Crippen LogP contribution in [0.3, 0.4) is 0 Å². The molecule has 0 aromatic heterocycles. The number of phenols is 1. The van der Waals surface area contributed by atoms with Crippen LogP contribution in [0.2, 0.25) is 0 Å². The van der Waals surface area contributed by atoms with Crippen molar-refractivity contribution in [2.45, 2.75) is 14.7 Å². The van der Waals surface area contributed by atoms with Crippen molar-refractivity contribution >= 4 is 69.0 Å². The van der Waals surface area contributed by atoms with E-state index in [-0.39, 0.29) is 16.8 Å². The van der Waals surface area contributed by atoms with E-state index in [1.807, 2.05) is 0 Å². The Labute approximate surface area is 203 Å². The lowest BCUT2D eigenvalue weighted by atomic mass is 10.1. The fourth-order valence-electron chi connectivity index (χ4n) is 3.67. The van der Waals surface area contributed by atoms with Crippen LogP contribution in [0.1, 0.15) is 0 Å². The predicted molar refractivity (Wildman–Crippen MR) is 128 cm³/mol. The highest BCUT2D eigenvalue weighted by molar-refractivity contribution is 7.87. The molecule has 0 atom stereocenters. The Morgan fingerprint density at radius 3 is 1.94 bits per heavy atom. The number of rotatable bonds is 5. The molecule has 0 unspecified atom stereocenters. The number of hydrogen-bond donors (Lipinski definition) is 5. The molecule has 0 saturated carbocycles. The number of fused-ring (bicyclic) bond motifs is 2. The van der Waals surface area contributed by atoms with Crippen molar-refractivity contribution in [1.82, 2.24) is 0 Å².